The number of pyridine rings is 1. The molecule has 3 rings (SSSR count). The molecule has 0 saturated carbocycles. The van der Waals surface area contributed by atoms with E-state index in [1.807, 2.05) is 24.3 Å². The van der Waals surface area contributed by atoms with E-state index in [4.69, 9.17) is 9.47 Å². The van der Waals surface area contributed by atoms with Crippen LogP contribution in [0, 0.1) is 0 Å². The Bertz CT molecular complexity index is 786. The molecule has 21 heavy (non-hydrogen) atoms. The van der Waals surface area contributed by atoms with E-state index in [-0.39, 0.29) is 0 Å². The molecule has 0 spiro atoms. The maximum Gasteiger partial charge on any atom is 0.166 e. The molecular weight excluding hydrogens is 273 g/mol. The summed E-state index contributed by atoms with van der Waals surface area (Å²) in [6.07, 6.45) is 3.08. The van der Waals surface area contributed by atoms with Crippen molar-refractivity contribution in [2.45, 2.75) is 6.80 Å². The molecule has 1 aromatic carbocycles. The number of benzene rings is 1. The van der Waals surface area contributed by atoms with Crippen molar-refractivity contribution in [3.63, 3.8) is 0 Å². The van der Waals surface area contributed by atoms with Gasteiger partial charge >= 0.3 is 0 Å². The summed E-state index contributed by atoms with van der Waals surface area (Å²) in [6.45, 7) is -0.617. The average molecular weight is 287 g/mol. The molecule has 6 heteroatoms. The van der Waals surface area contributed by atoms with Crippen LogP contribution in [-0.2, 0) is 6.80 Å². The summed E-state index contributed by atoms with van der Waals surface area (Å²) in [7, 11) is 3.17. The van der Waals surface area contributed by atoms with Gasteiger partial charge in [-0.15, -0.1) is 0 Å². The van der Waals surface area contributed by atoms with E-state index in [0.29, 0.717) is 22.5 Å². The minimum absolute atomic E-state index is 0.617. The van der Waals surface area contributed by atoms with Gasteiger partial charge in [0.25, 0.3) is 0 Å². The Labute approximate surface area is 121 Å². The molecule has 5 nitrogen and oxygen atoms in total. The van der Waals surface area contributed by atoms with E-state index in [9.17, 15) is 4.39 Å². The third-order valence-corrected chi connectivity index (χ3v) is 3.32. The van der Waals surface area contributed by atoms with Gasteiger partial charge in [-0.1, -0.05) is 0 Å². The molecule has 0 N–H and O–H groups in total. The first-order valence-electron chi connectivity index (χ1n) is 6.36. The van der Waals surface area contributed by atoms with Crippen LogP contribution >= 0.6 is 0 Å². The molecule has 0 bridgehead atoms. The van der Waals surface area contributed by atoms with Gasteiger partial charge in [0, 0.05) is 5.56 Å². The number of aromatic nitrogens is 3. The fraction of sp³-hybridized carbons (Fsp3) is 0.200. The van der Waals surface area contributed by atoms with Crippen molar-refractivity contribution < 1.29 is 13.9 Å². The number of halogens is 1. The van der Waals surface area contributed by atoms with Crippen LogP contribution in [0.4, 0.5) is 4.39 Å². The lowest BCUT2D eigenvalue weighted by Crippen LogP contribution is -1.93. The van der Waals surface area contributed by atoms with Gasteiger partial charge in [-0.25, -0.2) is 9.37 Å². The number of hydrogen-bond acceptors (Lipinski definition) is 4. The summed E-state index contributed by atoms with van der Waals surface area (Å²) in [5.41, 5.74) is 2.99. The summed E-state index contributed by atoms with van der Waals surface area (Å²) in [4.78, 5) is 8.54. The largest absolute Gasteiger partial charge is 0.493 e. The second-order valence-electron chi connectivity index (χ2n) is 4.46. The Kier molecular flexibility index (Phi) is 3.43. The molecule has 0 atom stereocenters. The lowest BCUT2D eigenvalue weighted by Gasteiger charge is -2.09. The maximum atomic E-state index is 12.8. The van der Waals surface area contributed by atoms with Gasteiger partial charge in [0.2, 0.25) is 0 Å². The highest BCUT2D eigenvalue weighted by atomic mass is 19.1. The number of rotatable bonds is 4. The van der Waals surface area contributed by atoms with Gasteiger partial charge in [-0.05, 0) is 24.3 Å². The number of nitrogens with zero attached hydrogens (tertiary/aromatic N) is 3. The summed E-state index contributed by atoms with van der Waals surface area (Å²) in [5, 5.41) is 0. The minimum atomic E-state index is -0.617. The van der Waals surface area contributed by atoms with Crippen molar-refractivity contribution >= 4 is 11.0 Å². The molecule has 0 aliphatic carbocycles. The summed E-state index contributed by atoms with van der Waals surface area (Å²) in [5.74, 6) is 1.29. The number of imidazole rings is 1. The fourth-order valence-corrected chi connectivity index (χ4v) is 2.20. The standard InChI is InChI=1S/C15H14FN3O2/c1-20-14-4-3-10(5-15(14)21-2)11-6-12-13(7-17-11)19(8-16)9-18-12/h3-7,9H,8H2,1-2H3. The van der Waals surface area contributed by atoms with Crippen LogP contribution in [0.15, 0.2) is 36.8 Å². The van der Waals surface area contributed by atoms with Crippen LogP contribution in [0.5, 0.6) is 11.5 Å². The molecular formula is C15H14FN3O2. The monoisotopic (exact) mass is 287 g/mol. The van der Waals surface area contributed by atoms with Crippen molar-refractivity contribution in [1.29, 1.82) is 0 Å². The molecule has 3 aromatic rings. The molecule has 0 aliphatic heterocycles. The number of ether oxygens (including phenoxy) is 2. The molecule has 0 amide bonds. The van der Waals surface area contributed by atoms with E-state index >= 15 is 0 Å². The Morgan fingerprint density at radius 3 is 2.62 bits per heavy atom. The van der Waals surface area contributed by atoms with Gasteiger partial charge in [0.05, 0.1) is 43.5 Å². The minimum Gasteiger partial charge on any atom is -0.493 e. The van der Waals surface area contributed by atoms with Crippen LogP contribution in [0.3, 0.4) is 0 Å². The lowest BCUT2D eigenvalue weighted by molar-refractivity contribution is 0.355. The van der Waals surface area contributed by atoms with Crippen molar-refractivity contribution in [3.05, 3.63) is 36.8 Å². The van der Waals surface area contributed by atoms with Gasteiger partial charge < -0.3 is 14.0 Å². The summed E-state index contributed by atoms with van der Waals surface area (Å²) in [6, 6.07) is 7.38. The third-order valence-electron chi connectivity index (χ3n) is 3.32. The zero-order valence-corrected chi connectivity index (χ0v) is 11.7. The van der Waals surface area contributed by atoms with E-state index in [2.05, 4.69) is 9.97 Å². The zero-order chi connectivity index (χ0) is 14.8. The van der Waals surface area contributed by atoms with Gasteiger partial charge in [0.1, 0.15) is 0 Å². The number of hydrogen-bond donors (Lipinski definition) is 0. The number of fused-ring (bicyclic) bond motifs is 1. The Balaban J connectivity index is 2.07. The van der Waals surface area contributed by atoms with Crippen molar-refractivity contribution in [2.75, 3.05) is 14.2 Å². The van der Waals surface area contributed by atoms with Gasteiger partial charge in [-0.3, -0.25) is 4.98 Å². The van der Waals surface area contributed by atoms with Crippen molar-refractivity contribution in [1.82, 2.24) is 14.5 Å². The van der Waals surface area contributed by atoms with Gasteiger partial charge in [-0.2, -0.15) is 0 Å². The molecule has 0 saturated heterocycles. The van der Waals surface area contributed by atoms with E-state index < -0.39 is 6.80 Å². The smallest absolute Gasteiger partial charge is 0.166 e. The summed E-state index contributed by atoms with van der Waals surface area (Å²) >= 11 is 0. The first kappa shape index (κ1) is 13.4. The molecule has 108 valence electrons. The molecule has 2 heterocycles. The van der Waals surface area contributed by atoms with Crippen LogP contribution in [-0.4, -0.2) is 28.8 Å². The predicted octanol–water partition coefficient (Wildman–Crippen LogP) is 3.04. The lowest BCUT2D eigenvalue weighted by atomic mass is 10.1. The molecule has 0 radical (unpaired) electrons. The Hall–Kier alpha value is -2.63. The van der Waals surface area contributed by atoms with Crippen LogP contribution in [0.2, 0.25) is 0 Å². The first-order valence-corrected chi connectivity index (χ1v) is 6.36. The SMILES string of the molecule is COc1ccc(-c2cc3ncn(CF)c3cn2)cc1OC. The highest BCUT2D eigenvalue weighted by Gasteiger charge is 2.09. The van der Waals surface area contributed by atoms with Crippen molar-refractivity contribution in [2.24, 2.45) is 0 Å². The zero-order valence-electron chi connectivity index (χ0n) is 11.7. The molecule has 0 fully saturated rings. The van der Waals surface area contributed by atoms with Crippen LogP contribution < -0.4 is 9.47 Å². The highest BCUT2D eigenvalue weighted by Crippen LogP contribution is 2.32. The predicted molar refractivity (Wildman–Crippen MR) is 77.2 cm³/mol. The van der Waals surface area contributed by atoms with E-state index in [1.54, 1.807) is 20.4 Å². The highest BCUT2D eigenvalue weighted by molar-refractivity contribution is 5.79. The van der Waals surface area contributed by atoms with Crippen LogP contribution in [0.25, 0.3) is 22.3 Å². The Morgan fingerprint density at radius 1 is 1.10 bits per heavy atom. The topological polar surface area (TPSA) is 49.2 Å². The van der Waals surface area contributed by atoms with Gasteiger partial charge in [0.15, 0.2) is 18.3 Å². The second-order valence-corrected chi connectivity index (χ2v) is 4.46. The normalized spacial score (nSPS) is 10.8. The number of alkyl halides is 1. The average Bonchev–Trinajstić information content (AvgIpc) is 2.96. The molecule has 0 unspecified atom stereocenters. The maximum absolute atomic E-state index is 12.8. The second kappa shape index (κ2) is 5.40. The van der Waals surface area contributed by atoms with E-state index in [0.717, 1.165) is 11.3 Å². The van der Waals surface area contributed by atoms with E-state index in [1.165, 1.54) is 10.9 Å². The van der Waals surface area contributed by atoms with Crippen molar-refractivity contribution in [3.8, 4) is 22.8 Å². The number of methoxy groups -OCH3 is 2. The summed E-state index contributed by atoms with van der Waals surface area (Å²) < 4.78 is 24.7. The fourth-order valence-electron chi connectivity index (χ4n) is 2.20. The van der Waals surface area contributed by atoms with Crippen LogP contribution in [0.1, 0.15) is 0 Å². The third kappa shape index (κ3) is 2.29. The first-order chi connectivity index (χ1) is 10.3. The molecule has 2 aromatic heterocycles. The molecule has 0 aliphatic rings. The quantitative estimate of drug-likeness (QED) is 0.740. The Morgan fingerprint density at radius 2 is 1.90 bits per heavy atom.